The smallest absolute Gasteiger partial charge is 0.359 e. The van der Waals surface area contributed by atoms with Gasteiger partial charge >= 0.3 is 20.2 Å². The highest BCUT2D eigenvalue weighted by Crippen LogP contribution is 2.24. The molecule has 0 radical (unpaired) electrons. The number of ether oxygens (including phenoxy) is 1. The van der Waals surface area contributed by atoms with Gasteiger partial charge in [0, 0.05) is 25.6 Å². The maximum atomic E-state index is 12.1. The molecule has 0 fully saturated rings. The van der Waals surface area contributed by atoms with Crippen molar-refractivity contribution < 1.29 is 34.8 Å². The molecule has 4 rings (SSSR count). The summed E-state index contributed by atoms with van der Waals surface area (Å²) in [7, 11) is -7.72. The third kappa shape index (κ3) is 14.1. The van der Waals surface area contributed by atoms with Crippen molar-refractivity contribution in [1.29, 1.82) is 0 Å². The third-order valence-electron chi connectivity index (χ3n) is 7.04. The summed E-state index contributed by atoms with van der Waals surface area (Å²) >= 11 is 0. The van der Waals surface area contributed by atoms with Gasteiger partial charge in [-0.25, -0.2) is 4.98 Å². The van der Waals surface area contributed by atoms with Crippen molar-refractivity contribution in [2.45, 2.75) is 92.9 Å². The number of nitrogens with two attached hydrogens (primary N) is 4. The van der Waals surface area contributed by atoms with E-state index in [1.807, 2.05) is 65.8 Å². The van der Waals surface area contributed by atoms with Crippen LogP contribution in [0.5, 0.6) is 0 Å². The van der Waals surface area contributed by atoms with Crippen molar-refractivity contribution in [3.8, 4) is 0 Å². The number of pyridine rings is 2. The van der Waals surface area contributed by atoms with Gasteiger partial charge in [-0.2, -0.15) is 27.0 Å². The van der Waals surface area contributed by atoms with Crippen molar-refractivity contribution in [2.24, 2.45) is 11.1 Å². The van der Waals surface area contributed by atoms with Crippen LogP contribution in [0.2, 0.25) is 0 Å². The highest BCUT2D eigenvalue weighted by molar-refractivity contribution is 7.87. The van der Waals surface area contributed by atoms with E-state index in [2.05, 4.69) is 18.7 Å². The maximum Gasteiger partial charge on any atom is 0.359 e. The molecule has 2 aromatic carbocycles. The molecule has 0 bridgehead atoms. The van der Waals surface area contributed by atoms with E-state index in [4.69, 9.17) is 27.9 Å². The Bertz CT molecular complexity index is 1980. The predicted octanol–water partition coefficient (Wildman–Crippen LogP) is 5.05. The van der Waals surface area contributed by atoms with Crippen molar-refractivity contribution in [2.75, 3.05) is 23.9 Å². The minimum absolute atomic E-state index is 0.158. The molecule has 16 heteroatoms. The maximum absolute atomic E-state index is 12.1. The van der Waals surface area contributed by atoms with E-state index in [1.165, 1.54) is 17.2 Å². The molecular formula is C36H54N7O7S2+. The highest BCUT2D eigenvalue weighted by Gasteiger charge is 2.22. The van der Waals surface area contributed by atoms with Gasteiger partial charge in [-0.3, -0.25) is 15.9 Å². The van der Waals surface area contributed by atoms with Crippen LogP contribution >= 0.6 is 0 Å². The van der Waals surface area contributed by atoms with Crippen molar-refractivity contribution >= 4 is 37.8 Å². The second kappa shape index (κ2) is 19.7. The van der Waals surface area contributed by atoms with E-state index in [-0.39, 0.29) is 15.7 Å². The summed E-state index contributed by atoms with van der Waals surface area (Å²) in [5.74, 6) is 11.6. The van der Waals surface area contributed by atoms with Gasteiger partial charge in [0.15, 0.2) is 0 Å². The summed E-state index contributed by atoms with van der Waals surface area (Å²) in [6.07, 6.45) is 0. The predicted molar refractivity (Wildman–Crippen MR) is 206 cm³/mol. The molecular weight excluding hydrogens is 707 g/mol. The summed E-state index contributed by atoms with van der Waals surface area (Å²) < 4.78 is 62.2. The Hall–Kier alpha value is -4.77. The van der Waals surface area contributed by atoms with E-state index in [9.17, 15) is 16.8 Å². The molecule has 0 aliphatic rings. The first kappa shape index (κ1) is 45.3. The molecule has 0 atom stereocenters. The molecule has 14 nitrogen and oxygen atoms in total. The quantitative estimate of drug-likeness (QED) is 0.0666. The van der Waals surface area contributed by atoms with Gasteiger partial charge < -0.3 is 10.5 Å². The Labute approximate surface area is 309 Å². The van der Waals surface area contributed by atoms with Gasteiger partial charge in [0.1, 0.15) is 21.3 Å². The number of hydrogen-bond acceptors (Lipinski definition) is 13. The molecule has 0 unspecified atom stereocenters. The average molecular weight is 761 g/mol. The lowest BCUT2D eigenvalue weighted by atomic mass is 10.1. The first-order valence-corrected chi connectivity index (χ1v) is 18.9. The number of oxime groups is 1. The standard InChI is InChI=1S/C13H19NO4S.C9H13NO3S.C7H11N3.C7H10N2/c1-6-17-12(5)14-18-19(15,16)13-10(3)7-9(2)8-11(13)4;1-6-4-7(2)9(8(3)5-6)14(11,12)13-10;1-5-3-6(2)10(9)7(8)4-5;1-5-3-6(2)9-7(8)4-5/h7-8H,6H2,1-5H3;4-5H,10H2,1-3H3;3-4,8H,9H2,1-2H3;3-4H,1-2H3,(H2,8,9)/p+1/b14-12+;;;. The number of benzene rings is 2. The SMILES string of the molecule is CCO/C(C)=N/OS(=O)(=O)c1c(C)cc(C)cc1C.Cc1cc(C)[n+](N)c(N)c1.Cc1cc(C)c(S(=O)(=O)ON)c(C)c1.Cc1cc(C)nc(N)c1. The molecule has 0 aliphatic heterocycles. The summed E-state index contributed by atoms with van der Waals surface area (Å²) in [4.78, 5) is 4.33. The molecule has 286 valence electrons. The minimum Gasteiger partial charge on any atom is -0.479 e. The van der Waals surface area contributed by atoms with Crippen molar-refractivity contribution in [3.05, 3.63) is 104 Å². The Morgan fingerprint density at radius 2 is 1.12 bits per heavy atom. The van der Waals surface area contributed by atoms with E-state index in [1.54, 1.807) is 58.9 Å². The lowest BCUT2D eigenvalue weighted by molar-refractivity contribution is -0.630. The summed E-state index contributed by atoms with van der Waals surface area (Å²) in [5.41, 5.74) is 19.8. The van der Waals surface area contributed by atoms with E-state index in [0.29, 0.717) is 40.5 Å². The van der Waals surface area contributed by atoms with Crippen LogP contribution in [0.3, 0.4) is 0 Å². The molecule has 0 saturated carbocycles. The van der Waals surface area contributed by atoms with Crippen LogP contribution in [0.15, 0.2) is 63.5 Å². The van der Waals surface area contributed by atoms with Crippen LogP contribution in [0.1, 0.15) is 69.7 Å². The Kier molecular flexibility index (Phi) is 17.2. The first-order valence-electron chi connectivity index (χ1n) is 16.1. The fraction of sp³-hybridized carbons (Fsp3) is 0.361. The molecule has 0 spiro atoms. The largest absolute Gasteiger partial charge is 0.479 e. The number of nitrogens with zero attached hydrogens (tertiary/aromatic N) is 3. The van der Waals surface area contributed by atoms with Crippen LogP contribution in [0.25, 0.3) is 0 Å². The minimum atomic E-state index is -3.92. The zero-order valence-corrected chi connectivity index (χ0v) is 33.8. The fourth-order valence-corrected chi connectivity index (χ4v) is 7.55. The Morgan fingerprint density at radius 1 is 0.692 bits per heavy atom. The Balaban J connectivity index is 0.000000362. The van der Waals surface area contributed by atoms with E-state index in [0.717, 1.165) is 28.1 Å². The number of rotatable bonds is 6. The molecule has 0 aliphatic carbocycles. The van der Waals surface area contributed by atoms with Crippen LogP contribution in [0, 0.1) is 69.2 Å². The van der Waals surface area contributed by atoms with Gasteiger partial charge in [0.05, 0.1) is 6.61 Å². The van der Waals surface area contributed by atoms with Gasteiger partial charge in [-0.1, -0.05) is 35.4 Å². The molecule has 2 heterocycles. The van der Waals surface area contributed by atoms with E-state index < -0.39 is 20.2 Å². The Morgan fingerprint density at radius 3 is 1.50 bits per heavy atom. The molecule has 0 amide bonds. The summed E-state index contributed by atoms with van der Waals surface area (Å²) in [6, 6.07) is 14.8. The number of nitrogen functional groups attached to an aromatic ring is 3. The number of aryl methyl sites for hydroxylation is 10. The van der Waals surface area contributed by atoms with Crippen LogP contribution in [0.4, 0.5) is 11.6 Å². The lowest BCUT2D eigenvalue weighted by Crippen LogP contribution is -2.49. The van der Waals surface area contributed by atoms with E-state index >= 15 is 0 Å². The van der Waals surface area contributed by atoms with Gasteiger partial charge in [0.25, 0.3) is 5.82 Å². The molecule has 52 heavy (non-hydrogen) atoms. The van der Waals surface area contributed by atoms with Crippen LogP contribution in [-0.2, 0) is 33.5 Å². The summed E-state index contributed by atoms with van der Waals surface area (Å²) in [5, 5.41) is 3.47. The fourth-order valence-electron chi connectivity index (χ4n) is 5.36. The number of anilines is 2. The second-order valence-electron chi connectivity index (χ2n) is 12.3. The first-order chi connectivity index (χ1) is 23.9. The molecule has 2 aromatic heterocycles. The lowest BCUT2D eigenvalue weighted by Gasteiger charge is -2.10. The van der Waals surface area contributed by atoms with Crippen LogP contribution in [-0.4, -0.2) is 34.3 Å². The number of hydrogen-bond donors (Lipinski definition) is 4. The molecule has 4 aromatic rings. The molecule has 0 saturated heterocycles. The zero-order chi connectivity index (χ0) is 40.1. The average Bonchev–Trinajstić information content (AvgIpc) is 2.98. The van der Waals surface area contributed by atoms with Gasteiger partial charge in [-0.15, -0.1) is 4.68 Å². The topological polar surface area (TPSA) is 229 Å². The monoisotopic (exact) mass is 760 g/mol. The highest BCUT2D eigenvalue weighted by atomic mass is 32.2. The summed E-state index contributed by atoms with van der Waals surface area (Å²) in [6.45, 7) is 22.3. The van der Waals surface area contributed by atoms with Gasteiger partial charge in [0.2, 0.25) is 5.90 Å². The normalized spacial score (nSPS) is 11.2. The van der Waals surface area contributed by atoms with Gasteiger partial charge in [-0.05, 0) is 126 Å². The second-order valence-corrected chi connectivity index (χ2v) is 15.2. The van der Waals surface area contributed by atoms with Crippen molar-refractivity contribution in [1.82, 2.24) is 4.98 Å². The zero-order valence-electron chi connectivity index (χ0n) is 32.2. The van der Waals surface area contributed by atoms with Crippen molar-refractivity contribution in [3.63, 3.8) is 0 Å². The number of aromatic nitrogens is 2. The molecule has 8 N–H and O–H groups in total. The van der Waals surface area contributed by atoms with Crippen LogP contribution < -0.4 is 27.9 Å². The third-order valence-corrected chi connectivity index (χ3v) is 9.85.